The first-order valence-corrected chi connectivity index (χ1v) is 7.68. The average molecular weight is 256 g/mol. The van der Waals surface area contributed by atoms with Crippen molar-refractivity contribution < 1.29 is 8.42 Å². The number of aromatic nitrogens is 3. The molecule has 0 bridgehead atoms. The molecule has 94 valence electrons. The zero-order valence-electron chi connectivity index (χ0n) is 9.54. The summed E-state index contributed by atoms with van der Waals surface area (Å²) in [5.41, 5.74) is 5.92. The van der Waals surface area contributed by atoms with Gasteiger partial charge in [0.15, 0.2) is 15.7 Å². The first kappa shape index (κ1) is 11.2. The molecule has 2 unspecified atom stereocenters. The maximum Gasteiger partial charge on any atom is 0.160 e. The second-order valence-corrected chi connectivity index (χ2v) is 7.18. The van der Waals surface area contributed by atoms with E-state index >= 15 is 0 Å². The van der Waals surface area contributed by atoms with Gasteiger partial charge in [0, 0.05) is 19.0 Å². The molecular weight excluding hydrogens is 240 g/mol. The molecule has 3 heterocycles. The summed E-state index contributed by atoms with van der Waals surface area (Å²) >= 11 is 0. The normalized spacial score (nSPS) is 31.4. The topological polar surface area (TPSA) is 90.9 Å². The van der Waals surface area contributed by atoms with Crippen LogP contribution in [0.15, 0.2) is 0 Å². The van der Waals surface area contributed by atoms with Crippen LogP contribution in [0.3, 0.4) is 0 Å². The highest BCUT2D eigenvalue weighted by Crippen LogP contribution is 2.34. The van der Waals surface area contributed by atoms with Gasteiger partial charge in [-0.05, 0) is 19.3 Å². The van der Waals surface area contributed by atoms with Gasteiger partial charge in [-0.1, -0.05) is 0 Å². The summed E-state index contributed by atoms with van der Waals surface area (Å²) < 4.78 is 25.7. The Morgan fingerprint density at radius 3 is 2.82 bits per heavy atom. The molecule has 3 rings (SSSR count). The van der Waals surface area contributed by atoms with E-state index in [0.717, 1.165) is 25.1 Å². The number of hydrogen-bond donors (Lipinski definition) is 1. The van der Waals surface area contributed by atoms with Crippen molar-refractivity contribution in [1.82, 2.24) is 14.8 Å². The van der Waals surface area contributed by atoms with Gasteiger partial charge in [0.2, 0.25) is 0 Å². The molecule has 7 heteroatoms. The smallest absolute Gasteiger partial charge is 0.160 e. The Hall–Kier alpha value is -0.950. The lowest BCUT2D eigenvalue weighted by molar-refractivity contribution is 0.440. The van der Waals surface area contributed by atoms with Crippen LogP contribution < -0.4 is 5.73 Å². The summed E-state index contributed by atoms with van der Waals surface area (Å²) in [7, 11) is -3.03. The number of nitrogens with two attached hydrogens (primary N) is 1. The summed E-state index contributed by atoms with van der Waals surface area (Å²) in [5.74, 6) is 1.75. The van der Waals surface area contributed by atoms with Crippen molar-refractivity contribution in [2.45, 2.75) is 43.5 Å². The highest BCUT2D eigenvalue weighted by atomic mass is 32.2. The molecule has 2 N–H and O–H groups in total. The van der Waals surface area contributed by atoms with Gasteiger partial charge in [0.1, 0.15) is 11.1 Å². The first-order valence-electron chi connectivity index (χ1n) is 5.97. The molecule has 0 spiro atoms. The molecule has 1 saturated heterocycles. The Morgan fingerprint density at radius 2 is 2.12 bits per heavy atom. The van der Waals surface area contributed by atoms with Gasteiger partial charge >= 0.3 is 0 Å². The SMILES string of the molecule is NC1CCc2nnc(C3CCCS3(=O)=O)n2C1. The van der Waals surface area contributed by atoms with Gasteiger partial charge in [-0.15, -0.1) is 10.2 Å². The van der Waals surface area contributed by atoms with Crippen LogP contribution in [0, 0.1) is 0 Å². The van der Waals surface area contributed by atoms with E-state index in [9.17, 15) is 8.42 Å². The molecule has 0 radical (unpaired) electrons. The zero-order chi connectivity index (χ0) is 12.0. The third-order valence-corrected chi connectivity index (χ3v) is 5.80. The lowest BCUT2D eigenvalue weighted by Gasteiger charge is -2.22. The van der Waals surface area contributed by atoms with Gasteiger partial charge < -0.3 is 10.3 Å². The largest absolute Gasteiger partial charge is 0.326 e. The van der Waals surface area contributed by atoms with Crippen molar-refractivity contribution in [3.8, 4) is 0 Å². The summed E-state index contributed by atoms with van der Waals surface area (Å²) in [6.07, 6.45) is 3.08. The highest BCUT2D eigenvalue weighted by molar-refractivity contribution is 7.91. The quantitative estimate of drug-likeness (QED) is 0.751. The minimum absolute atomic E-state index is 0.0846. The second kappa shape index (κ2) is 3.78. The summed E-state index contributed by atoms with van der Waals surface area (Å²) in [4.78, 5) is 0. The van der Waals surface area contributed by atoms with Gasteiger partial charge in [0.25, 0.3) is 0 Å². The Balaban J connectivity index is 2.02. The molecule has 0 saturated carbocycles. The Labute approximate surface area is 100 Å². The van der Waals surface area contributed by atoms with Gasteiger partial charge in [-0.25, -0.2) is 8.42 Å². The maximum absolute atomic E-state index is 11.9. The average Bonchev–Trinajstić information content (AvgIpc) is 2.80. The molecule has 6 nitrogen and oxygen atoms in total. The summed E-state index contributed by atoms with van der Waals surface area (Å²) in [6, 6.07) is 0.0846. The van der Waals surface area contributed by atoms with Crippen LogP contribution in [0.1, 0.15) is 36.2 Å². The van der Waals surface area contributed by atoms with E-state index < -0.39 is 15.1 Å². The lowest BCUT2D eigenvalue weighted by Crippen LogP contribution is -2.33. The number of sulfone groups is 1. The highest BCUT2D eigenvalue weighted by Gasteiger charge is 2.37. The molecular formula is C10H16N4O2S. The molecule has 0 aromatic carbocycles. The van der Waals surface area contributed by atoms with Gasteiger partial charge in [-0.3, -0.25) is 0 Å². The van der Waals surface area contributed by atoms with Crippen LogP contribution in [-0.2, 0) is 22.8 Å². The first-order chi connectivity index (χ1) is 8.08. The third kappa shape index (κ3) is 1.77. The van der Waals surface area contributed by atoms with Gasteiger partial charge in [0.05, 0.1) is 5.75 Å². The van der Waals surface area contributed by atoms with Crippen LogP contribution in [0.5, 0.6) is 0 Å². The van der Waals surface area contributed by atoms with E-state index in [-0.39, 0.29) is 11.8 Å². The number of aryl methyl sites for hydroxylation is 1. The summed E-state index contributed by atoms with van der Waals surface area (Å²) in [5, 5.41) is 7.72. The predicted molar refractivity (Wildman–Crippen MR) is 62.1 cm³/mol. The summed E-state index contributed by atoms with van der Waals surface area (Å²) in [6.45, 7) is 0.643. The van der Waals surface area contributed by atoms with Crippen molar-refractivity contribution in [3.63, 3.8) is 0 Å². The number of rotatable bonds is 1. The molecule has 17 heavy (non-hydrogen) atoms. The van der Waals surface area contributed by atoms with E-state index in [4.69, 9.17) is 5.73 Å². The molecule has 1 aromatic heterocycles. The van der Waals surface area contributed by atoms with E-state index in [1.165, 1.54) is 0 Å². The third-order valence-electron chi connectivity index (χ3n) is 3.63. The van der Waals surface area contributed by atoms with Crippen molar-refractivity contribution in [2.24, 2.45) is 5.73 Å². The number of nitrogens with zero attached hydrogens (tertiary/aromatic N) is 3. The predicted octanol–water partition coefficient (Wildman–Crippen LogP) is -0.199. The van der Waals surface area contributed by atoms with Crippen molar-refractivity contribution >= 4 is 9.84 Å². The van der Waals surface area contributed by atoms with Crippen LogP contribution >= 0.6 is 0 Å². The van der Waals surface area contributed by atoms with E-state index in [1.807, 2.05) is 4.57 Å². The molecule has 2 aliphatic rings. The minimum atomic E-state index is -3.03. The fraction of sp³-hybridized carbons (Fsp3) is 0.800. The molecule has 2 aliphatic heterocycles. The van der Waals surface area contributed by atoms with Crippen LogP contribution in [-0.4, -0.2) is 35.0 Å². The van der Waals surface area contributed by atoms with Crippen LogP contribution in [0.2, 0.25) is 0 Å². The van der Waals surface area contributed by atoms with E-state index in [0.29, 0.717) is 18.8 Å². The Kier molecular flexibility index (Phi) is 2.48. The maximum atomic E-state index is 11.9. The van der Waals surface area contributed by atoms with E-state index in [1.54, 1.807) is 0 Å². The number of fused-ring (bicyclic) bond motifs is 1. The lowest BCUT2D eigenvalue weighted by atomic mass is 10.1. The van der Waals surface area contributed by atoms with Crippen molar-refractivity contribution in [2.75, 3.05) is 5.75 Å². The van der Waals surface area contributed by atoms with Crippen LogP contribution in [0.25, 0.3) is 0 Å². The molecule has 0 amide bonds. The second-order valence-electron chi connectivity index (χ2n) is 4.88. The molecule has 1 fully saturated rings. The van der Waals surface area contributed by atoms with E-state index in [2.05, 4.69) is 10.2 Å². The standard InChI is InChI=1S/C10H16N4O2S/c11-7-3-4-9-12-13-10(14(9)6-7)8-2-1-5-17(8,15)16/h7-8H,1-6,11H2. The molecule has 1 aromatic rings. The minimum Gasteiger partial charge on any atom is -0.326 e. The fourth-order valence-electron chi connectivity index (χ4n) is 2.69. The zero-order valence-corrected chi connectivity index (χ0v) is 10.4. The Bertz CT molecular complexity index is 537. The van der Waals surface area contributed by atoms with Crippen LogP contribution in [0.4, 0.5) is 0 Å². The van der Waals surface area contributed by atoms with Crippen molar-refractivity contribution in [3.05, 3.63) is 11.6 Å². The Morgan fingerprint density at radius 1 is 1.29 bits per heavy atom. The monoisotopic (exact) mass is 256 g/mol. The van der Waals surface area contributed by atoms with Crippen molar-refractivity contribution in [1.29, 1.82) is 0 Å². The fourth-order valence-corrected chi connectivity index (χ4v) is 4.57. The molecule has 2 atom stereocenters. The number of hydrogen-bond acceptors (Lipinski definition) is 5. The van der Waals surface area contributed by atoms with Gasteiger partial charge in [-0.2, -0.15) is 0 Å². The molecule has 0 aliphatic carbocycles.